The van der Waals surface area contributed by atoms with Gasteiger partial charge in [-0.3, -0.25) is 0 Å². The number of methoxy groups -OCH3 is 1. The Bertz CT molecular complexity index is 367. The molecule has 0 aliphatic heterocycles. The third kappa shape index (κ3) is 3.70. The van der Waals surface area contributed by atoms with E-state index in [-0.39, 0.29) is 6.54 Å². The van der Waals surface area contributed by atoms with Gasteiger partial charge in [0.2, 0.25) is 0 Å². The van der Waals surface area contributed by atoms with Crippen molar-refractivity contribution in [2.75, 3.05) is 13.7 Å². The van der Waals surface area contributed by atoms with Crippen LogP contribution in [0.5, 0.6) is 5.75 Å². The van der Waals surface area contributed by atoms with Crippen LogP contribution >= 0.6 is 0 Å². The number of aryl methyl sites for hydroxylation is 1. The topological polar surface area (TPSA) is 35.2 Å². The van der Waals surface area contributed by atoms with Crippen molar-refractivity contribution in [2.45, 2.75) is 38.8 Å². The first-order valence-corrected chi connectivity index (χ1v) is 6.07. The highest BCUT2D eigenvalue weighted by Crippen LogP contribution is 2.28. The van der Waals surface area contributed by atoms with Crippen molar-refractivity contribution < 1.29 is 9.13 Å². The van der Waals surface area contributed by atoms with E-state index in [2.05, 4.69) is 0 Å². The molecule has 0 saturated carbocycles. The Morgan fingerprint density at radius 3 is 2.65 bits per heavy atom. The second-order valence-electron chi connectivity index (χ2n) is 4.60. The molecule has 1 aromatic carbocycles. The second kappa shape index (κ2) is 6.01. The predicted molar refractivity (Wildman–Crippen MR) is 69.2 cm³/mol. The van der Waals surface area contributed by atoms with Gasteiger partial charge in [-0.15, -0.1) is 0 Å². The highest BCUT2D eigenvalue weighted by Gasteiger charge is 2.28. The lowest BCUT2D eigenvalue weighted by Gasteiger charge is -2.24. The summed E-state index contributed by atoms with van der Waals surface area (Å²) in [5.74, 6) is 0.738. The Morgan fingerprint density at radius 1 is 1.41 bits per heavy atom. The quantitative estimate of drug-likeness (QED) is 0.828. The zero-order valence-corrected chi connectivity index (χ0v) is 10.9. The van der Waals surface area contributed by atoms with Crippen molar-refractivity contribution in [3.63, 3.8) is 0 Å². The van der Waals surface area contributed by atoms with Crippen LogP contribution in [-0.4, -0.2) is 19.3 Å². The molecule has 2 N–H and O–H groups in total. The molecule has 1 aromatic rings. The Balaban J connectivity index is 2.95. The Labute approximate surface area is 103 Å². The van der Waals surface area contributed by atoms with E-state index < -0.39 is 5.67 Å². The first-order valence-electron chi connectivity index (χ1n) is 6.07. The first-order chi connectivity index (χ1) is 8.04. The molecule has 1 rings (SSSR count). The van der Waals surface area contributed by atoms with Crippen molar-refractivity contribution in [1.82, 2.24) is 0 Å². The number of ether oxygens (including phenoxy) is 1. The zero-order valence-electron chi connectivity index (χ0n) is 10.9. The maximum Gasteiger partial charge on any atom is 0.127 e. The zero-order chi connectivity index (χ0) is 12.9. The van der Waals surface area contributed by atoms with E-state index in [1.165, 1.54) is 0 Å². The molecule has 0 saturated heterocycles. The molecule has 3 heteroatoms. The molecule has 0 aromatic heterocycles. The van der Waals surface area contributed by atoms with Crippen molar-refractivity contribution in [2.24, 2.45) is 5.73 Å². The fourth-order valence-corrected chi connectivity index (χ4v) is 2.10. The van der Waals surface area contributed by atoms with Crippen LogP contribution < -0.4 is 10.5 Å². The number of hydrogen-bond donors (Lipinski definition) is 1. The van der Waals surface area contributed by atoms with Gasteiger partial charge in [-0.2, -0.15) is 0 Å². The van der Waals surface area contributed by atoms with Crippen molar-refractivity contribution in [3.8, 4) is 5.75 Å². The van der Waals surface area contributed by atoms with Crippen LogP contribution in [0.1, 0.15) is 30.9 Å². The number of hydrogen-bond acceptors (Lipinski definition) is 2. The Hall–Kier alpha value is -1.09. The molecule has 0 fully saturated rings. The minimum Gasteiger partial charge on any atom is -0.496 e. The minimum atomic E-state index is -1.32. The summed E-state index contributed by atoms with van der Waals surface area (Å²) in [6.07, 6.45) is 1.60. The molecule has 2 nitrogen and oxygen atoms in total. The van der Waals surface area contributed by atoms with E-state index in [1.807, 2.05) is 32.0 Å². The van der Waals surface area contributed by atoms with Crippen LogP contribution in [-0.2, 0) is 6.42 Å². The average molecular weight is 239 g/mol. The van der Waals surface area contributed by atoms with Crippen molar-refractivity contribution >= 4 is 0 Å². The van der Waals surface area contributed by atoms with E-state index >= 15 is 0 Å². The molecule has 17 heavy (non-hydrogen) atoms. The molecular weight excluding hydrogens is 217 g/mol. The third-order valence-corrected chi connectivity index (χ3v) is 3.01. The molecule has 0 radical (unpaired) electrons. The van der Waals surface area contributed by atoms with Gasteiger partial charge in [-0.05, 0) is 25.0 Å². The van der Waals surface area contributed by atoms with Crippen LogP contribution in [0.4, 0.5) is 4.39 Å². The standard InChI is InChI=1S/C14H22FNO/c1-4-7-14(15,10-16)9-12-8-11(2)5-6-13(12)17-3/h5-6,8H,4,7,9-10,16H2,1-3H3. The van der Waals surface area contributed by atoms with Gasteiger partial charge >= 0.3 is 0 Å². The minimum absolute atomic E-state index is 0.0535. The smallest absolute Gasteiger partial charge is 0.127 e. The van der Waals surface area contributed by atoms with Crippen LogP contribution in [0.15, 0.2) is 18.2 Å². The Morgan fingerprint density at radius 2 is 2.12 bits per heavy atom. The number of alkyl halides is 1. The molecule has 0 bridgehead atoms. The van der Waals surface area contributed by atoms with Crippen LogP contribution in [0.2, 0.25) is 0 Å². The van der Waals surface area contributed by atoms with Gasteiger partial charge in [0.15, 0.2) is 0 Å². The highest BCUT2D eigenvalue weighted by atomic mass is 19.1. The van der Waals surface area contributed by atoms with Gasteiger partial charge in [0.25, 0.3) is 0 Å². The lowest BCUT2D eigenvalue weighted by atomic mass is 9.91. The molecule has 0 aliphatic rings. The third-order valence-electron chi connectivity index (χ3n) is 3.01. The largest absolute Gasteiger partial charge is 0.496 e. The number of halogens is 1. The van der Waals surface area contributed by atoms with E-state index in [0.29, 0.717) is 12.8 Å². The van der Waals surface area contributed by atoms with Crippen molar-refractivity contribution in [3.05, 3.63) is 29.3 Å². The van der Waals surface area contributed by atoms with Crippen molar-refractivity contribution in [1.29, 1.82) is 0 Å². The van der Waals surface area contributed by atoms with Crippen LogP contribution in [0.3, 0.4) is 0 Å². The molecule has 0 aliphatic carbocycles. The van der Waals surface area contributed by atoms with Crippen LogP contribution in [0, 0.1) is 6.92 Å². The van der Waals surface area contributed by atoms with Crippen LogP contribution in [0.25, 0.3) is 0 Å². The van der Waals surface area contributed by atoms with Gasteiger partial charge in [0.05, 0.1) is 7.11 Å². The fraction of sp³-hybridized carbons (Fsp3) is 0.571. The molecule has 0 spiro atoms. The summed E-state index contributed by atoms with van der Waals surface area (Å²) in [5.41, 5.74) is 6.24. The molecule has 1 atom stereocenters. The van der Waals surface area contributed by atoms with Gasteiger partial charge < -0.3 is 10.5 Å². The summed E-state index contributed by atoms with van der Waals surface area (Å²) < 4.78 is 19.7. The van der Waals surface area contributed by atoms with Gasteiger partial charge in [0, 0.05) is 13.0 Å². The summed E-state index contributed by atoms with van der Waals surface area (Å²) in [7, 11) is 1.61. The number of benzene rings is 1. The Kier molecular flexibility index (Phi) is 4.94. The maximum atomic E-state index is 14.5. The molecule has 1 unspecified atom stereocenters. The second-order valence-corrected chi connectivity index (χ2v) is 4.60. The number of rotatable bonds is 6. The lowest BCUT2D eigenvalue weighted by molar-refractivity contribution is 0.157. The van der Waals surface area contributed by atoms with E-state index in [4.69, 9.17) is 10.5 Å². The molecule has 0 heterocycles. The predicted octanol–water partition coefficient (Wildman–Crippen LogP) is 3.01. The summed E-state index contributed by atoms with van der Waals surface area (Å²) in [5, 5.41) is 0. The normalized spacial score (nSPS) is 14.4. The SMILES string of the molecule is CCCC(F)(CN)Cc1cc(C)ccc1OC. The van der Waals surface area contributed by atoms with Gasteiger partial charge in [0.1, 0.15) is 11.4 Å². The average Bonchev–Trinajstić information content (AvgIpc) is 2.29. The molecule has 96 valence electrons. The maximum absolute atomic E-state index is 14.5. The molecular formula is C14H22FNO. The lowest BCUT2D eigenvalue weighted by Crippen LogP contribution is -2.35. The molecule has 0 amide bonds. The van der Waals surface area contributed by atoms with Gasteiger partial charge in [-0.1, -0.05) is 31.0 Å². The summed E-state index contributed by atoms with van der Waals surface area (Å²) in [4.78, 5) is 0. The van der Waals surface area contributed by atoms with E-state index in [9.17, 15) is 4.39 Å². The van der Waals surface area contributed by atoms with Gasteiger partial charge in [-0.25, -0.2) is 4.39 Å². The fourth-order valence-electron chi connectivity index (χ4n) is 2.10. The summed E-state index contributed by atoms with van der Waals surface area (Å²) in [6, 6.07) is 5.82. The highest BCUT2D eigenvalue weighted by molar-refractivity contribution is 5.37. The monoisotopic (exact) mass is 239 g/mol. The first kappa shape index (κ1) is 14.0. The number of nitrogens with two attached hydrogens (primary N) is 1. The summed E-state index contributed by atoms with van der Waals surface area (Å²) >= 11 is 0. The van der Waals surface area contributed by atoms with E-state index in [0.717, 1.165) is 23.3 Å². The summed E-state index contributed by atoms with van der Waals surface area (Å²) in [6.45, 7) is 4.01. The van der Waals surface area contributed by atoms with E-state index in [1.54, 1.807) is 7.11 Å².